The number of sulfonamides is 1. The van der Waals surface area contributed by atoms with Crippen LogP contribution in [0.15, 0.2) is 17.0 Å². The molecule has 1 rings (SSSR count). The molecule has 0 heterocycles. The van der Waals surface area contributed by atoms with Crippen molar-refractivity contribution in [3.05, 3.63) is 33.6 Å². The van der Waals surface area contributed by atoms with Gasteiger partial charge in [0, 0.05) is 6.07 Å². The van der Waals surface area contributed by atoms with E-state index in [2.05, 4.69) is 0 Å². The Balaban J connectivity index is 3.29. The monoisotopic (exact) mass is 308 g/mol. The average molecular weight is 308 g/mol. The molecule has 0 aromatic heterocycles. The van der Waals surface area contributed by atoms with E-state index in [1.54, 1.807) is 0 Å². The van der Waals surface area contributed by atoms with Crippen LogP contribution >= 0.6 is 0 Å². The van der Waals surface area contributed by atoms with Gasteiger partial charge in [-0.15, -0.1) is 0 Å². The van der Waals surface area contributed by atoms with Crippen molar-refractivity contribution in [2.24, 2.45) is 0 Å². The van der Waals surface area contributed by atoms with Gasteiger partial charge in [-0.05, 0) is 18.6 Å². The van der Waals surface area contributed by atoms with Crippen molar-refractivity contribution < 1.29 is 27.9 Å². The summed E-state index contributed by atoms with van der Waals surface area (Å²) in [6.45, 7) is -0.118. The summed E-state index contributed by atoms with van der Waals surface area (Å²) in [4.78, 5) is 9.11. The topological polar surface area (TPSA) is 130 Å². The highest BCUT2D eigenvalue weighted by molar-refractivity contribution is 7.89. The number of hydrogen-bond donors (Lipinski definition) is 3. The van der Waals surface area contributed by atoms with Crippen LogP contribution in [0.4, 0.5) is 10.1 Å². The summed E-state index contributed by atoms with van der Waals surface area (Å²) in [5.74, 6) is -1.12. The SMILES string of the molecule is Cc1cc(S(=O)(=O)NC(CO)CO)cc([N+](=O)[O-])c1F. The van der Waals surface area contributed by atoms with Gasteiger partial charge in [-0.1, -0.05) is 0 Å². The molecule has 0 aliphatic rings. The largest absolute Gasteiger partial charge is 0.395 e. The molecule has 1 aromatic rings. The molecule has 0 fully saturated rings. The molecule has 0 atom stereocenters. The van der Waals surface area contributed by atoms with Crippen molar-refractivity contribution in [1.82, 2.24) is 4.72 Å². The standard InChI is InChI=1S/C10H13FN2O6S/c1-6-2-8(3-9(10(6)11)13(16)17)20(18,19)12-7(4-14)5-15/h2-3,7,12,14-15H,4-5H2,1H3. The van der Waals surface area contributed by atoms with E-state index in [0.717, 1.165) is 6.07 Å². The van der Waals surface area contributed by atoms with E-state index in [9.17, 15) is 22.9 Å². The van der Waals surface area contributed by atoms with Crippen LogP contribution in [0.1, 0.15) is 5.56 Å². The summed E-state index contributed by atoms with van der Waals surface area (Å²) in [5.41, 5.74) is -1.17. The zero-order chi connectivity index (χ0) is 15.5. The quantitative estimate of drug-likeness (QED) is 0.487. The Kier molecular flexibility index (Phi) is 5.11. The van der Waals surface area contributed by atoms with Gasteiger partial charge in [0.15, 0.2) is 0 Å². The fourth-order valence-electron chi connectivity index (χ4n) is 1.43. The number of aryl methyl sites for hydroxylation is 1. The number of benzene rings is 1. The van der Waals surface area contributed by atoms with E-state index in [1.165, 1.54) is 6.92 Å². The highest BCUT2D eigenvalue weighted by Crippen LogP contribution is 2.25. The van der Waals surface area contributed by atoms with E-state index in [1.807, 2.05) is 4.72 Å². The van der Waals surface area contributed by atoms with Gasteiger partial charge in [0.1, 0.15) is 0 Å². The van der Waals surface area contributed by atoms with Crippen LogP contribution in [0, 0.1) is 22.9 Å². The van der Waals surface area contributed by atoms with E-state index >= 15 is 0 Å². The molecule has 0 aliphatic heterocycles. The zero-order valence-corrected chi connectivity index (χ0v) is 11.2. The third-order valence-corrected chi connectivity index (χ3v) is 3.98. The first-order valence-corrected chi connectivity index (χ1v) is 6.89. The van der Waals surface area contributed by atoms with Gasteiger partial charge in [0.05, 0.1) is 29.1 Å². The minimum atomic E-state index is -4.22. The number of aliphatic hydroxyl groups is 2. The molecule has 0 amide bonds. The molecule has 0 saturated heterocycles. The van der Waals surface area contributed by atoms with Crippen molar-refractivity contribution in [1.29, 1.82) is 0 Å². The highest BCUT2D eigenvalue weighted by atomic mass is 32.2. The third kappa shape index (κ3) is 3.48. The fraction of sp³-hybridized carbons (Fsp3) is 0.400. The summed E-state index contributed by atoms with van der Waals surface area (Å²) < 4.78 is 39.3. The molecule has 0 radical (unpaired) electrons. The molecular formula is C10H13FN2O6S. The Hall–Kier alpha value is -1.62. The maximum Gasteiger partial charge on any atom is 0.306 e. The lowest BCUT2D eigenvalue weighted by Gasteiger charge is -2.14. The highest BCUT2D eigenvalue weighted by Gasteiger charge is 2.25. The minimum Gasteiger partial charge on any atom is -0.395 e. The summed E-state index contributed by atoms with van der Waals surface area (Å²) in [6, 6.07) is 0.358. The lowest BCUT2D eigenvalue weighted by atomic mass is 10.2. The number of nitro benzene ring substituents is 1. The zero-order valence-electron chi connectivity index (χ0n) is 10.4. The minimum absolute atomic E-state index is 0.205. The molecule has 0 spiro atoms. The molecular weight excluding hydrogens is 295 g/mol. The van der Waals surface area contributed by atoms with E-state index in [4.69, 9.17) is 10.2 Å². The van der Waals surface area contributed by atoms with Crippen molar-refractivity contribution in [3.63, 3.8) is 0 Å². The molecule has 8 nitrogen and oxygen atoms in total. The van der Waals surface area contributed by atoms with Crippen LogP contribution in [0.5, 0.6) is 0 Å². The number of halogens is 1. The van der Waals surface area contributed by atoms with Crippen molar-refractivity contribution in [3.8, 4) is 0 Å². The van der Waals surface area contributed by atoms with Gasteiger partial charge in [0.25, 0.3) is 0 Å². The number of nitrogens with zero attached hydrogens (tertiary/aromatic N) is 1. The second-order valence-electron chi connectivity index (χ2n) is 4.01. The Labute approximate surface area is 114 Å². The van der Waals surface area contributed by atoms with Crippen LogP contribution in [-0.2, 0) is 10.0 Å². The average Bonchev–Trinajstić information content (AvgIpc) is 2.38. The first kappa shape index (κ1) is 16.4. The van der Waals surface area contributed by atoms with Gasteiger partial charge in [0.2, 0.25) is 15.8 Å². The van der Waals surface area contributed by atoms with Crippen molar-refractivity contribution in [2.45, 2.75) is 17.9 Å². The Morgan fingerprint density at radius 2 is 1.95 bits per heavy atom. The predicted octanol–water partition coefficient (Wildman–Crippen LogP) is -0.326. The fourth-order valence-corrected chi connectivity index (χ4v) is 2.75. The first-order valence-electron chi connectivity index (χ1n) is 5.41. The summed E-state index contributed by atoms with van der Waals surface area (Å²) >= 11 is 0. The summed E-state index contributed by atoms with van der Waals surface area (Å²) in [5, 5.41) is 28.3. The van der Waals surface area contributed by atoms with Gasteiger partial charge in [-0.25, -0.2) is 13.1 Å². The number of nitro groups is 1. The smallest absolute Gasteiger partial charge is 0.306 e. The first-order chi connectivity index (χ1) is 9.22. The van der Waals surface area contributed by atoms with Gasteiger partial charge in [-0.3, -0.25) is 10.1 Å². The molecule has 0 saturated carbocycles. The van der Waals surface area contributed by atoms with Crippen LogP contribution < -0.4 is 4.72 Å². The molecule has 112 valence electrons. The molecule has 0 bridgehead atoms. The van der Waals surface area contributed by atoms with Crippen molar-refractivity contribution >= 4 is 15.7 Å². The Morgan fingerprint density at radius 3 is 2.40 bits per heavy atom. The number of nitrogens with one attached hydrogen (secondary N) is 1. The number of hydrogen-bond acceptors (Lipinski definition) is 6. The number of aliphatic hydroxyl groups excluding tert-OH is 2. The summed E-state index contributed by atoms with van der Waals surface area (Å²) in [6.07, 6.45) is 0. The molecule has 3 N–H and O–H groups in total. The van der Waals surface area contributed by atoms with Crippen LogP contribution in [-0.4, -0.2) is 42.8 Å². The van der Waals surface area contributed by atoms with Gasteiger partial charge < -0.3 is 10.2 Å². The molecule has 0 unspecified atom stereocenters. The van der Waals surface area contributed by atoms with Crippen LogP contribution in [0.25, 0.3) is 0 Å². The maximum absolute atomic E-state index is 13.5. The normalized spacial score (nSPS) is 11.8. The third-order valence-electron chi connectivity index (χ3n) is 2.48. The lowest BCUT2D eigenvalue weighted by Crippen LogP contribution is -2.40. The van der Waals surface area contributed by atoms with Gasteiger partial charge >= 0.3 is 5.69 Å². The van der Waals surface area contributed by atoms with E-state index < -0.39 is 50.6 Å². The van der Waals surface area contributed by atoms with Crippen LogP contribution in [0.2, 0.25) is 0 Å². The predicted molar refractivity (Wildman–Crippen MR) is 66.1 cm³/mol. The van der Waals surface area contributed by atoms with Crippen LogP contribution in [0.3, 0.4) is 0 Å². The second-order valence-corrected chi connectivity index (χ2v) is 5.73. The van der Waals surface area contributed by atoms with Gasteiger partial charge in [-0.2, -0.15) is 4.39 Å². The van der Waals surface area contributed by atoms with E-state index in [-0.39, 0.29) is 5.56 Å². The van der Waals surface area contributed by atoms with E-state index in [0.29, 0.717) is 6.07 Å². The van der Waals surface area contributed by atoms with Crippen molar-refractivity contribution in [2.75, 3.05) is 13.2 Å². The Bertz CT molecular complexity index is 614. The molecule has 20 heavy (non-hydrogen) atoms. The number of rotatable bonds is 6. The molecule has 1 aromatic carbocycles. The molecule has 0 aliphatic carbocycles. The second kappa shape index (κ2) is 6.22. The maximum atomic E-state index is 13.5. The Morgan fingerprint density at radius 1 is 1.40 bits per heavy atom. The lowest BCUT2D eigenvalue weighted by molar-refractivity contribution is -0.387. The summed E-state index contributed by atoms with van der Waals surface area (Å²) in [7, 11) is -4.22. The molecule has 10 heteroatoms.